The van der Waals surface area contributed by atoms with Crippen LogP contribution < -0.4 is 16.0 Å². The minimum Gasteiger partial charge on any atom is -0.385 e. The van der Waals surface area contributed by atoms with E-state index in [2.05, 4.69) is 16.0 Å². The van der Waals surface area contributed by atoms with Crippen molar-refractivity contribution < 1.29 is 19.2 Å². The maximum absolute atomic E-state index is 12.8. The van der Waals surface area contributed by atoms with Crippen LogP contribution in [0.4, 0.5) is 5.69 Å². The number of fused-ring (bicyclic) bond motifs is 1. The molecule has 1 aromatic rings. The third-order valence-corrected chi connectivity index (χ3v) is 5.73. The summed E-state index contributed by atoms with van der Waals surface area (Å²) >= 11 is 0. The summed E-state index contributed by atoms with van der Waals surface area (Å²) in [5, 5.41) is 8.98. The topological polar surface area (TPSA) is 108 Å². The van der Waals surface area contributed by atoms with Gasteiger partial charge in [0.2, 0.25) is 11.8 Å². The summed E-state index contributed by atoms with van der Waals surface area (Å²) < 4.78 is 0. The third-order valence-electron chi connectivity index (χ3n) is 5.73. The molecule has 3 aliphatic heterocycles. The van der Waals surface area contributed by atoms with E-state index < -0.39 is 23.8 Å². The van der Waals surface area contributed by atoms with E-state index >= 15 is 0 Å². The number of benzene rings is 1. The van der Waals surface area contributed by atoms with Gasteiger partial charge in [-0.05, 0) is 62.9 Å². The Kier molecular flexibility index (Phi) is 5.13. The van der Waals surface area contributed by atoms with Gasteiger partial charge in [-0.2, -0.15) is 0 Å². The van der Waals surface area contributed by atoms with Gasteiger partial charge in [0.1, 0.15) is 6.04 Å². The molecule has 3 N–H and O–H groups in total. The largest absolute Gasteiger partial charge is 0.385 e. The zero-order valence-electron chi connectivity index (χ0n) is 15.6. The molecule has 4 rings (SSSR count). The highest BCUT2D eigenvalue weighted by molar-refractivity contribution is 6.23. The van der Waals surface area contributed by atoms with Crippen LogP contribution in [0.2, 0.25) is 0 Å². The number of nitrogens with one attached hydrogen (secondary N) is 3. The molecule has 148 valence electrons. The van der Waals surface area contributed by atoms with Gasteiger partial charge >= 0.3 is 0 Å². The number of imide groups is 2. The number of amides is 4. The van der Waals surface area contributed by atoms with Crippen molar-refractivity contribution in [1.82, 2.24) is 15.5 Å². The summed E-state index contributed by atoms with van der Waals surface area (Å²) in [5.74, 6) is -1.35. The van der Waals surface area contributed by atoms with Crippen LogP contribution >= 0.6 is 0 Å². The van der Waals surface area contributed by atoms with E-state index in [1.165, 1.54) is 0 Å². The van der Waals surface area contributed by atoms with Crippen LogP contribution in [0.15, 0.2) is 18.2 Å². The Morgan fingerprint density at radius 2 is 1.82 bits per heavy atom. The van der Waals surface area contributed by atoms with E-state index in [9.17, 15) is 19.2 Å². The SMILES string of the molecule is O=C1CCC(N2C(=O)c3ccc(NCC4CCCNCC4)cc3C2=O)C(=O)N1. The third kappa shape index (κ3) is 3.52. The van der Waals surface area contributed by atoms with Crippen LogP contribution in [-0.2, 0) is 9.59 Å². The van der Waals surface area contributed by atoms with Crippen molar-refractivity contribution in [3.05, 3.63) is 29.3 Å². The number of hydrogen-bond acceptors (Lipinski definition) is 6. The predicted molar refractivity (Wildman–Crippen MR) is 102 cm³/mol. The van der Waals surface area contributed by atoms with Crippen LogP contribution in [-0.4, -0.2) is 54.2 Å². The minimum atomic E-state index is -0.931. The molecule has 0 spiro atoms. The Balaban J connectivity index is 1.47. The van der Waals surface area contributed by atoms with Crippen molar-refractivity contribution in [2.75, 3.05) is 25.0 Å². The lowest BCUT2D eigenvalue weighted by Gasteiger charge is -2.27. The standard InChI is InChI=1S/C20H24N4O4/c25-17-6-5-16(18(26)23-17)24-19(27)14-4-3-13(10-15(14)20(24)28)22-11-12-2-1-8-21-9-7-12/h3-4,10,12,16,21-22H,1-2,5-9,11H2,(H,23,25,26). The molecule has 0 radical (unpaired) electrons. The van der Waals surface area contributed by atoms with Crippen molar-refractivity contribution in [3.63, 3.8) is 0 Å². The first-order valence-corrected chi connectivity index (χ1v) is 9.85. The van der Waals surface area contributed by atoms with Crippen molar-refractivity contribution in [1.29, 1.82) is 0 Å². The highest BCUT2D eigenvalue weighted by Crippen LogP contribution is 2.29. The second-order valence-corrected chi connectivity index (χ2v) is 7.64. The molecular formula is C20H24N4O4. The fraction of sp³-hybridized carbons (Fsp3) is 0.500. The molecule has 4 amide bonds. The highest BCUT2D eigenvalue weighted by atomic mass is 16.2. The van der Waals surface area contributed by atoms with Gasteiger partial charge in [0.05, 0.1) is 11.1 Å². The Bertz CT molecular complexity index is 829. The monoisotopic (exact) mass is 384 g/mol. The number of carbonyl (C=O) groups is 4. The first kappa shape index (κ1) is 18.6. The molecule has 8 nitrogen and oxygen atoms in total. The van der Waals surface area contributed by atoms with E-state index in [1.807, 2.05) is 0 Å². The van der Waals surface area contributed by atoms with Gasteiger partial charge in [-0.3, -0.25) is 29.4 Å². The molecule has 0 aromatic heterocycles. The van der Waals surface area contributed by atoms with Gasteiger partial charge in [0.15, 0.2) is 0 Å². The first-order valence-electron chi connectivity index (χ1n) is 9.85. The van der Waals surface area contributed by atoms with Crippen molar-refractivity contribution in [3.8, 4) is 0 Å². The zero-order valence-corrected chi connectivity index (χ0v) is 15.6. The molecule has 3 heterocycles. The lowest BCUT2D eigenvalue weighted by atomic mass is 10.0. The summed E-state index contributed by atoms with van der Waals surface area (Å²) in [6.45, 7) is 2.89. The van der Waals surface area contributed by atoms with Gasteiger partial charge in [-0.15, -0.1) is 0 Å². The Morgan fingerprint density at radius 1 is 1.00 bits per heavy atom. The van der Waals surface area contributed by atoms with Crippen LogP contribution in [0.25, 0.3) is 0 Å². The number of rotatable bonds is 4. The van der Waals surface area contributed by atoms with Crippen molar-refractivity contribution >= 4 is 29.3 Å². The summed E-state index contributed by atoms with van der Waals surface area (Å²) in [6, 6.07) is 4.20. The maximum atomic E-state index is 12.8. The number of carbonyl (C=O) groups excluding carboxylic acids is 4. The first-order chi connectivity index (χ1) is 13.5. The van der Waals surface area contributed by atoms with E-state index in [0.717, 1.165) is 49.5 Å². The molecule has 3 aliphatic rings. The number of hydrogen-bond donors (Lipinski definition) is 3. The van der Waals surface area contributed by atoms with Crippen LogP contribution in [0.5, 0.6) is 0 Å². The fourth-order valence-corrected chi connectivity index (χ4v) is 4.14. The number of anilines is 1. The summed E-state index contributed by atoms with van der Waals surface area (Å²) in [6.07, 6.45) is 3.71. The maximum Gasteiger partial charge on any atom is 0.262 e. The molecule has 0 saturated carbocycles. The highest BCUT2D eigenvalue weighted by Gasteiger charge is 2.44. The van der Waals surface area contributed by atoms with Crippen molar-refractivity contribution in [2.24, 2.45) is 5.92 Å². The summed E-state index contributed by atoms with van der Waals surface area (Å²) in [7, 11) is 0. The molecule has 1 aromatic carbocycles. The van der Waals surface area contributed by atoms with E-state index in [1.54, 1.807) is 18.2 Å². The Morgan fingerprint density at radius 3 is 2.64 bits per heavy atom. The van der Waals surface area contributed by atoms with E-state index in [4.69, 9.17) is 0 Å². The molecule has 2 saturated heterocycles. The van der Waals surface area contributed by atoms with Gasteiger partial charge in [-0.25, -0.2) is 0 Å². The summed E-state index contributed by atoms with van der Waals surface area (Å²) in [5.41, 5.74) is 1.41. The average molecular weight is 384 g/mol. The lowest BCUT2D eigenvalue weighted by Crippen LogP contribution is -2.54. The fourth-order valence-electron chi connectivity index (χ4n) is 4.14. The lowest BCUT2D eigenvalue weighted by molar-refractivity contribution is -0.136. The molecule has 2 unspecified atom stereocenters. The molecule has 8 heteroatoms. The number of piperidine rings is 1. The minimum absolute atomic E-state index is 0.118. The van der Waals surface area contributed by atoms with Gasteiger partial charge in [-0.1, -0.05) is 0 Å². The van der Waals surface area contributed by atoms with Crippen molar-refractivity contribution in [2.45, 2.75) is 38.1 Å². The van der Waals surface area contributed by atoms with Gasteiger partial charge in [0.25, 0.3) is 11.8 Å². The Labute approximate surface area is 163 Å². The number of nitrogens with zero attached hydrogens (tertiary/aromatic N) is 1. The normalized spacial score (nSPS) is 25.4. The van der Waals surface area contributed by atoms with Crippen LogP contribution in [0.3, 0.4) is 0 Å². The second kappa shape index (κ2) is 7.71. The Hall–Kier alpha value is -2.74. The predicted octanol–water partition coefficient (Wildman–Crippen LogP) is 0.889. The molecule has 2 fully saturated rings. The zero-order chi connectivity index (χ0) is 19.7. The molecule has 0 aliphatic carbocycles. The summed E-state index contributed by atoms with van der Waals surface area (Å²) in [4.78, 5) is 50.0. The molecule has 0 bridgehead atoms. The van der Waals surface area contributed by atoms with E-state index in [-0.39, 0.29) is 18.7 Å². The molecule has 28 heavy (non-hydrogen) atoms. The smallest absolute Gasteiger partial charge is 0.262 e. The molecular weight excluding hydrogens is 360 g/mol. The van der Waals surface area contributed by atoms with Crippen LogP contribution in [0.1, 0.15) is 52.8 Å². The van der Waals surface area contributed by atoms with Crippen LogP contribution in [0, 0.1) is 5.92 Å². The van der Waals surface area contributed by atoms with E-state index in [0.29, 0.717) is 17.0 Å². The second-order valence-electron chi connectivity index (χ2n) is 7.64. The van der Waals surface area contributed by atoms with Gasteiger partial charge in [0, 0.05) is 18.7 Å². The van der Waals surface area contributed by atoms with Gasteiger partial charge < -0.3 is 10.6 Å². The average Bonchev–Trinajstić information content (AvgIpc) is 2.86. The molecule has 2 atom stereocenters. The quantitative estimate of drug-likeness (QED) is 0.666.